The summed E-state index contributed by atoms with van der Waals surface area (Å²) < 4.78 is 0.858. The maximum atomic E-state index is 11.4. The van der Waals surface area contributed by atoms with Gasteiger partial charge in [0.15, 0.2) is 0 Å². The molecule has 1 aromatic rings. The first kappa shape index (κ1) is 10.2. The number of halogens is 1. The van der Waals surface area contributed by atoms with E-state index >= 15 is 0 Å². The Hall–Kier alpha value is -0.900. The summed E-state index contributed by atoms with van der Waals surface area (Å²) in [5, 5.41) is 2.73. The van der Waals surface area contributed by atoms with Gasteiger partial charge >= 0.3 is 0 Å². The van der Waals surface area contributed by atoms with Gasteiger partial charge in [0, 0.05) is 23.4 Å². The molecule has 1 N–H and O–H groups in total. The Morgan fingerprint density at radius 1 is 1.62 bits per heavy atom. The first-order valence-corrected chi connectivity index (χ1v) is 4.84. The fourth-order valence-electron chi connectivity index (χ4n) is 0.984. The monoisotopic (exact) mass is 242 g/mol. The Kier molecular flexibility index (Phi) is 3.42. The number of carbonyl (C=O) groups is 1. The average Bonchev–Trinajstić information content (AvgIpc) is 2.10. The van der Waals surface area contributed by atoms with Crippen LogP contribution in [0.3, 0.4) is 0 Å². The summed E-state index contributed by atoms with van der Waals surface area (Å²) in [5.74, 6) is -0.0752. The third kappa shape index (κ3) is 2.28. The second kappa shape index (κ2) is 4.37. The minimum absolute atomic E-state index is 0.0752. The highest BCUT2D eigenvalue weighted by molar-refractivity contribution is 9.10. The quantitative estimate of drug-likeness (QED) is 0.861. The highest BCUT2D eigenvalue weighted by atomic mass is 79.9. The van der Waals surface area contributed by atoms with Gasteiger partial charge in [0.2, 0.25) is 0 Å². The Morgan fingerprint density at radius 2 is 2.31 bits per heavy atom. The number of amides is 1. The zero-order chi connectivity index (χ0) is 9.84. The van der Waals surface area contributed by atoms with Gasteiger partial charge in [0.1, 0.15) is 0 Å². The molecule has 0 bridgehead atoms. The van der Waals surface area contributed by atoms with Crippen LogP contribution in [0.15, 0.2) is 16.9 Å². The summed E-state index contributed by atoms with van der Waals surface area (Å²) >= 11 is 3.32. The lowest BCUT2D eigenvalue weighted by Crippen LogP contribution is -2.23. The predicted molar refractivity (Wildman–Crippen MR) is 54.7 cm³/mol. The van der Waals surface area contributed by atoms with Gasteiger partial charge in [-0.25, -0.2) is 0 Å². The van der Waals surface area contributed by atoms with Crippen molar-refractivity contribution in [1.82, 2.24) is 10.3 Å². The molecule has 1 aromatic heterocycles. The number of hydrogen-bond acceptors (Lipinski definition) is 2. The largest absolute Gasteiger partial charge is 0.352 e. The number of nitrogens with zero attached hydrogens (tertiary/aromatic N) is 1. The molecule has 0 aliphatic rings. The van der Waals surface area contributed by atoms with Crippen LogP contribution in [-0.4, -0.2) is 17.4 Å². The topological polar surface area (TPSA) is 42.0 Å². The fourth-order valence-corrected chi connectivity index (χ4v) is 1.32. The van der Waals surface area contributed by atoms with E-state index in [4.69, 9.17) is 0 Å². The van der Waals surface area contributed by atoms with Crippen molar-refractivity contribution < 1.29 is 4.79 Å². The summed E-state index contributed by atoms with van der Waals surface area (Å²) in [6.07, 6.45) is 3.25. The van der Waals surface area contributed by atoms with Crippen molar-refractivity contribution in [3.05, 3.63) is 28.0 Å². The molecular weight excluding hydrogens is 232 g/mol. The highest BCUT2D eigenvalue weighted by Gasteiger charge is 2.09. The molecule has 0 aromatic carbocycles. The third-order valence-corrected chi connectivity index (χ3v) is 2.54. The molecule has 13 heavy (non-hydrogen) atoms. The maximum Gasteiger partial charge on any atom is 0.253 e. The van der Waals surface area contributed by atoms with Gasteiger partial charge in [0.05, 0.1) is 5.56 Å². The van der Waals surface area contributed by atoms with Crippen LogP contribution >= 0.6 is 15.9 Å². The number of rotatable bonds is 2. The van der Waals surface area contributed by atoms with E-state index in [9.17, 15) is 4.79 Å². The van der Waals surface area contributed by atoms with E-state index in [-0.39, 0.29) is 5.91 Å². The Labute approximate surface area is 85.7 Å². The molecule has 3 nitrogen and oxygen atoms in total. The molecule has 1 heterocycles. The van der Waals surface area contributed by atoms with E-state index in [1.54, 1.807) is 12.4 Å². The Morgan fingerprint density at radius 3 is 2.92 bits per heavy atom. The fraction of sp³-hybridized carbons (Fsp3) is 0.333. The van der Waals surface area contributed by atoms with Crippen LogP contribution in [-0.2, 0) is 0 Å². The number of pyridine rings is 1. The van der Waals surface area contributed by atoms with Crippen LogP contribution in [0.1, 0.15) is 22.8 Å². The van der Waals surface area contributed by atoms with E-state index in [1.165, 1.54) is 0 Å². The standard InChI is InChI=1S/C9H11BrN2O/c1-3-12-9(13)7-4-11-5-8(10)6(7)2/h4-5H,3H2,1-2H3,(H,12,13). The molecular formula is C9H11BrN2O. The number of aromatic nitrogens is 1. The smallest absolute Gasteiger partial charge is 0.253 e. The van der Waals surface area contributed by atoms with Crippen LogP contribution in [0.2, 0.25) is 0 Å². The average molecular weight is 243 g/mol. The SMILES string of the molecule is CCNC(=O)c1cncc(Br)c1C. The second-order valence-electron chi connectivity index (χ2n) is 2.65. The van der Waals surface area contributed by atoms with Crippen molar-refractivity contribution in [3.63, 3.8) is 0 Å². The van der Waals surface area contributed by atoms with E-state index in [2.05, 4.69) is 26.2 Å². The lowest BCUT2D eigenvalue weighted by atomic mass is 10.1. The molecule has 0 aliphatic heterocycles. The van der Waals surface area contributed by atoms with Crippen molar-refractivity contribution in [2.75, 3.05) is 6.54 Å². The lowest BCUT2D eigenvalue weighted by Gasteiger charge is -2.05. The van der Waals surface area contributed by atoms with Crippen LogP contribution in [0.5, 0.6) is 0 Å². The van der Waals surface area contributed by atoms with E-state index in [1.807, 2.05) is 13.8 Å². The van der Waals surface area contributed by atoms with E-state index in [0.717, 1.165) is 10.0 Å². The molecule has 1 rings (SSSR count). The van der Waals surface area contributed by atoms with Gasteiger partial charge in [-0.3, -0.25) is 9.78 Å². The van der Waals surface area contributed by atoms with Gasteiger partial charge in [-0.15, -0.1) is 0 Å². The van der Waals surface area contributed by atoms with Gasteiger partial charge in [-0.1, -0.05) is 0 Å². The first-order valence-electron chi connectivity index (χ1n) is 4.05. The van der Waals surface area contributed by atoms with Crippen LogP contribution < -0.4 is 5.32 Å². The zero-order valence-corrected chi connectivity index (χ0v) is 9.18. The van der Waals surface area contributed by atoms with Crippen LogP contribution in [0.4, 0.5) is 0 Å². The summed E-state index contributed by atoms with van der Waals surface area (Å²) in [5.41, 5.74) is 1.54. The summed E-state index contributed by atoms with van der Waals surface area (Å²) in [7, 11) is 0. The lowest BCUT2D eigenvalue weighted by molar-refractivity contribution is 0.0955. The molecule has 0 fully saturated rings. The zero-order valence-electron chi connectivity index (χ0n) is 7.60. The van der Waals surface area contributed by atoms with E-state index < -0.39 is 0 Å². The van der Waals surface area contributed by atoms with Gasteiger partial charge in [0.25, 0.3) is 5.91 Å². The van der Waals surface area contributed by atoms with E-state index in [0.29, 0.717) is 12.1 Å². The number of hydrogen-bond donors (Lipinski definition) is 1. The number of nitrogens with one attached hydrogen (secondary N) is 1. The van der Waals surface area contributed by atoms with Crippen molar-refractivity contribution in [2.24, 2.45) is 0 Å². The molecule has 0 saturated carbocycles. The molecule has 1 amide bonds. The minimum atomic E-state index is -0.0752. The second-order valence-corrected chi connectivity index (χ2v) is 3.51. The Balaban J connectivity index is 3.01. The normalized spacial score (nSPS) is 9.77. The highest BCUT2D eigenvalue weighted by Crippen LogP contribution is 2.17. The van der Waals surface area contributed by atoms with Gasteiger partial charge in [-0.2, -0.15) is 0 Å². The first-order chi connectivity index (χ1) is 6.16. The molecule has 0 aliphatic carbocycles. The van der Waals surface area contributed by atoms with Crippen molar-refractivity contribution >= 4 is 21.8 Å². The molecule has 0 spiro atoms. The van der Waals surface area contributed by atoms with Crippen molar-refractivity contribution in [2.45, 2.75) is 13.8 Å². The molecule has 0 radical (unpaired) electrons. The predicted octanol–water partition coefficient (Wildman–Crippen LogP) is 1.90. The molecule has 0 saturated heterocycles. The van der Waals surface area contributed by atoms with Crippen molar-refractivity contribution in [3.8, 4) is 0 Å². The molecule has 0 unspecified atom stereocenters. The van der Waals surface area contributed by atoms with Crippen LogP contribution in [0, 0.1) is 6.92 Å². The summed E-state index contributed by atoms with van der Waals surface area (Å²) in [4.78, 5) is 15.4. The Bertz CT molecular complexity index is 325. The van der Waals surface area contributed by atoms with Crippen LogP contribution in [0.25, 0.3) is 0 Å². The summed E-state index contributed by atoms with van der Waals surface area (Å²) in [6, 6.07) is 0. The summed E-state index contributed by atoms with van der Waals surface area (Å²) in [6.45, 7) is 4.40. The maximum absolute atomic E-state index is 11.4. The van der Waals surface area contributed by atoms with Gasteiger partial charge < -0.3 is 5.32 Å². The van der Waals surface area contributed by atoms with Crippen molar-refractivity contribution in [1.29, 1.82) is 0 Å². The minimum Gasteiger partial charge on any atom is -0.352 e. The third-order valence-electron chi connectivity index (χ3n) is 1.74. The molecule has 0 atom stereocenters. The molecule has 4 heteroatoms. The number of carbonyl (C=O) groups excluding carboxylic acids is 1. The molecule has 70 valence electrons. The van der Waals surface area contributed by atoms with Gasteiger partial charge in [-0.05, 0) is 35.3 Å².